The molecule has 7 heteroatoms. The number of pyridine rings is 1. The second kappa shape index (κ2) is 7.44. The summed E-state index contributed by atoms with van der Waals surface area (Å²) in [5.41, 5.74) is 4.01. The number of amides is 1. The van der Waals surface area contributed by atoms with Crippen molar-refractivity contribution in [2.75, 3.05) is 11.1 Å². The second-order valence-corrected chi connectivity index (χ2v) is 7.48. The van der Waals surface area contributed by atoms with E-state index in [9.17, 15) is 4.79 Å². The van der Waals surface area contributed by atoms with Crippen molar-refractivity contribution in [3.05, 3.63) is 71.2 Å². The molecule has 0 fully saturated rings. The summed E-state index contributed by atoms with van der Waals surface area (Å²) in [6, 6.07) is 13.8. The first-order valence-electron chi connectivity index (χ1n) is 8.69. The highest BCUT2D eigenvalue weighted by Gasteiger charge is 2.29. The third kappa shape index (κ3) is 3.68. The summed E-state index contributed by atoms with van der Waals surface area (Å²) in [5, 5.41) is 7.51. The Hall–Kier alpha value is -2.80. The van der Waals surface area contributed by atoms with E-state index in [2.05, 4.69) is 27.5 Å². The van der Waals surface area contributed by atoms with Gasteiger partial charge in [0.15, 0.2) is 0 Å². The minimum atomic E-state index is 0.00191. The molecule has 0 bridgehead atoms. The van der Waals surface area contributed by atoms with Crippen molar-refractivity contribution in [3.8, 4) is 5.75 Å². The Morgan fingerprint density at radius 1 is 1.26 bits per heavy atom. The lowest BCUT2D eigenvalue weighted by Gasteiger charge is -2.16. The highest BCUT2D eigenvalue weighted by Crippen LogP contribution is 2.43. The van der Waals surface area contributed by atoms with Crippen LogP contribution in [0, 0.1) is 6.92 Å². The zero-order valence-electron chi connectivity index (χ0n) is 15.2. The first-order valence-corrected chi connectivity index (χ1v) is 9.74. The predicted molar refractivity (Wildman–Crippen MR) is 106 cm³/mol. The highest BCUT2D eigenvalue weighted by molar-refractivity contribution is 8.00. The number of hydrogen-bond acceptors (Lipinski definition) is 5. The second-order valence-electron chi connectivity index (χ2n) is 6.39. The fraction of sp³-hybridized carbons (Fsp3) is 0.250. The zero-order valence-corrected chi connectivity index (χ0v) is 16.0. The number of aryl methyl sites for hydroxylation is 2. The third-order valence-corrected chi connectivity index (χ3v) is 5.74. The maximum Gasteiger partial charge on any atom is 0.235 e. The maximum atomic E-state index is 12.1. The molecule has 0 saturated heterocycles. The summed E-state index contributed by atoms with van der Waals surface area (Å²) >= 11 is 1.62. The van der Waals surface area contributed by atoms with Crippen molar-refractivity contribution < 1.29 is 9.53 Å². The van der Waals surface area contributed by atoms with Crippen LogP contribution in [-0.4, -0.2) is 26.4 Å². The summed E-state index contributed by atoms with van der Waals surface area (Å²) in [6.07, 6.45) is 1.76. The molecule has 0 unspecified atom stereocenters. The van der Waals surface area contributed by atoms with Gasteiger partial charge in [0.1, 0.15) is 18.2 Å². The van der Waals surface area contributed by atoms with Gasteiger partial charge in [-0.2, -0.15) is 5.10 Å². The predicted octanol–water partition coefficient (Wildman–Crippen LogP) is 3.48. The van der Waals surface area contributed by atoms with E-state index < -0.39 is 0 Å². The molecule has 1 N–H and O–H groups in total. The summed E-state index contributed by atoms with van der Waals surface area (Å²) in [6.45, 7) is 2.41. The molecule has 27 heavy (non-hydrogen) atoms. The van der Waals surface area contributed by atoms with Crippen molar-refractivity contribution in [1.82, 2.24) is 14.8 Å². The Morgan fingerprint density at radius 2 is 2.07 bits per heavy atom. The molecule has 138 valence electrons. The average Bonchev–Trinajstić information content (AvgIpc) is 2.85. The van der Waals surface area contributed by atoms with E-state index >= 15 is 0 Å². The van der Waals surface area contributed by atoms with E-state index in [-0.39, 0.29) is 11.2 Å². The van der Waals surface area contributed by atoms with Gasteiger partial charge in [0.25, 0.3) is 0 Å². The number of ether oxygens (including phenoxy) is 1. The molecule has 1 aliphatic rings. The summed E-state index contributed by atoms with van der Waals surface area (Å²) in [4.78, 5) is 16.3. The standard InChI is InChI=1S/C20H20N4O2S/c1-13-18-19(27-12-17(25)22-20(18)24(2)23-13)14-6-8-16(9-7-14)26-11-15-5-3-4-10-21-15/h3-10,19H,11-12H2,1-2H3,(H,22,25)/t19-/m0/s1. The van der Waals surface area contributed by atoms with Gasteiger partial charge in [-0.15, -0.1) is 11.8 Å². The van der Waals surface area contributed by atoms with Gasteiger partial charge in [-0.3, -0.25) is 14.5 Å². The fourth-order valence-corrected chi connectivity index (χ4v) is 4.38. The largest absolute Gasteiger partial charge is 0.487 e. The molecule has 1 atom stereocenters. The molecule has 0 radical (unpaired) electrons. The molecule has 1 aliphatic heterocycles. The monoisotopic (exact) mass is 380 g/mol. The number of anilines is 1. The minimum absolute atomic E-state index is 0.00191. The Labute approximate surface area is 162 Å². The first-order chi connectivity index (χ1) is 13.1. The van der Waals surface area contributed by atoms with Gasteiger partial charge >= 0.3 is 0 Å². The maximum absolute atomic E-state index is 12.1. The first kappa shape index (κ1) is 17.6. The van der Waals surface area contributed by atoms with Gasteiger partial charge in [0.05, 0.1) is 22.4 Å². The van der Waals surface area contributed by atoms with E-state index in [4.69, 9.17) is 4.74 Å². The van der Waals surface area contributed by atoms with Gasteiger partial charge < -0.3 is 10.1 Å². The third-order valence-electron chi connectivity index (χ3n) is 4.47. The topological polar surface area (TPSA) is 69.0 Å². The van der Waals surface area contributed by atoms with E-state index in [1.54, 1.807) is 22.6 Å². The molecule has 1 amide bonds. The zero-order chi connectivity index (χ0) is 18.8. The SMILES string of the molecule is Cc1nn(C)c2c1[C@H](c1ccc(OCc3ccccn3)cc1)SCC(=O)N2. The highest BCUT2D eigenvalue weighted by atomic mass is 32.2. The molecule has 0 aliphatic carbocycles. The van der Waals surface area contributed by atoms with Crippen LogP contribution in [0.5, 0.6) is 5.75 Å². The lowest BCUT2D eigenvalue weighted by molar-refractivity contribution is -0.113. The smallest absolute Gasteiger partial charge is 0.235 e. The Balaban J connectivity index is 1.56. The lowest BCUT2D eigenvalue weighted by atomic mass is 10.0. The number of nitrogens with zero attached hydrogens (tertiary/aromatic N) is 3. The van der Waals surface area contributed by atoms with Gasteiger partial charge in [0, 0.05) is 18.8 Å². The lowest BCUT2D eigenvalue weighted by Crippen LogP contribution is -2.15. The summed E-state index contributed by atoms with van der Waals surface area (Å²) < 4.78 is 7.56. The normalized spacial score (nSPS) is 16.4. The minimum Gasteiger partial charge on any atom is -0.487 e. The van der Waals surface area contributed by atoms with E-state index in [0.717, 1.165) is 34.1 Å². The number of nitrogens with one attached hydrogen (secondary N) is 1. The van der Waals surface area contributed by atoms with Crippen LogP contribution in [0.25, 0.3) is 0 Å². The van der Waals surface area contributed by atoms with Crippen molar-refractivity contribution in [2.24, 2.45) is 7.05 Å². The quantitative estimate of drug-likeness (QED) is 0.750. The molecular weight excluding hydrogens is 360 g/mol. The number of rotatable bonds is 4. The van der Waals surface area contributed by atoms with Gasteiger partial charge in [-0.25, -0.2) is 0 Å². The molecule has 3 aromatic rings. The van der Waals surface area contributed by atoms with Crippen LogP contribution in [-0.2, 0) is 18.4 Å². The number of carbonyl (C=O) groups is 1. The van der Waals surface area contributed by atoms with Crippen LogP contribution >= 0.6 is 11.8 Å². The van der Waals surface area contributed by atoms with Crippen molar-refractivity contribution in [1.29, 1.82) is 0 Å². The van der Waals surface area contributed by atoms with Crippen LogP contribution in [0.3, 0.4) is 0 Å². The molecule has 0 spiro atoms. The molecule has 6 nitrogen and oxygen atoms in total. The van der Waals surface area contributed by atoms with Crippen LogP contribution in [0.2, 0.25) is 0 Å². The number of benzene rings is 1. The number of thioether (sulfide) groups is 1. The molecule has 1 aromatic carbocycles. The molecule has 3 heterocycles. The number of aromatic nitrogens is 3. The summed E-state index contributed by atoms with van der Waals surface area (Å²) in [7, 11) is 1.85. The fourth-order valence-electron chi connectivity index (χ4n) is 3.19. The van der Waals surface area contributed by atoms with Gasteiger partial charge in [-0.05, 0) is 36.8 Å². The summed E-state index contributed by atoms with van der Waals surface area (Å²) in [5.74, 6) is 1.99. The van der Waals surface area contributed by atoms with Crippen LogP contribution < -0.4 is 10.1 Å². The van der Waals surface area contributed by atoms with E-state index in [1.807, 2.05) is 44.3 Å². The van der Waals surface area contributed by atoms with Crippen LogP contribution in [0.1, 0.15) is 27.8 Å². The van der Waals surface area contributed by atoms with Crippen molar-refractivity contribution >= 4 is 23.5 Å². The van der Waals surface area contributed by atoms with Crippen LogP contribution in [0.4, 0.5) is 5.82 Å². The Bertz CT molecular complexity index is 954. The number of fused-ring (bicyclic) bond motifs is 1. The molecule has 0 saturated carbocycles. The Morgan fingerprint density at radius 3 is 2.81 bits per heavy atom. The average molecular weight is 380 g/mol. The Kier molecular flexibility index (Phi) is 4.85. The van der Waals surface area contributed by atoms with Gasteiger partial charge in [0.2, 0.25) is 5.91 Å². The number of carbonyl (C=O) groups excluding carboxylic acids is 1. The van der Waals surface area contributed by atoms with Crippen molar-refractivity contribution in [2.45, 2.75) is 18.8 Å². The van der Waals surface area contributed by atoms with Crippen molar-refractivity contribution in [3.63, 3.8) is 0 Å². The van der Waals surface area contributed by atoms with E-state index in [0.29, 0.717) is 12.4 Å². The molecular formula is C20H20N4O2S. The van der Waals surface area contributed by atoms with Crippen LogP contribution in [0.15, 0.2) is 48.7 Å². The van der Waals surface area contributed by atoms with Gasteiger partial charge in [-0.1, -0.05) is 18.2 Å². The van der Waals surface area contributed by atoms with E-state index in [1.165, 1.54) is 0 Å². The molecule has 4 rings (SSSR count). The number of hydrogen-bond donors (Lipinski definition) is 1. The molecule has 2 aromatic heterocycles.